The molecule has 3 saturated heterocycles. The normalized spacial score (nSPS) is 19.7. The lowest BCUT2D eigenvalue weighted by Crippen LogP contribution is -2.33. The van der Waals surface area contributed by atoms with E-state index in [0.29, 0.717) is 13.0 Å². The molecular weight excluding hydrogens is 718 g/mol. The number of phenolic OH excluding ortho intramolecular Hbond substituents is 1. The fourth-order valence-electron chi connectivity index (χ4n) is 4.37. The van der Waals surface area contributed by atoms with Crippen LogP contribution in [-0.2, 0) is 35.2 Å². The average Bonchev–Trinajstić information content (AvgIpc) is 3.95. The van der Waals surface area contributed by atoms with Crippen molar-refractivity contribution >= 4 is 35.8 Å². The monoisotopic (exact) mass is 777 g/mol. The van der Waals surface area contributed by atoms with Crippen LogP contribution in [0.1, 0.15) is 63.4 Å². The van der Waals surface area contributed by atoms with Crippen molar-refractivity contribution in [3.05, 3.63) is 29.8 Å². The average molecular weight is 778 g/mol. The first-order valence-electron chi connectivity index (χ1n) is 17.3. The van der Waals surface area contributed by atoms with Crippen molar-refractivity contribution in [1.82, 2.24) is 16.0 Å². The number of carbonyl (C=O) groups is 6. The number of aliphatic hydroxyl groups excluding tert-OH is 1. The first-order valence-corrected chi connectivity index (χ1v) is 17.3. The summed E-state index contributed by atoms with van der Waals surface area (Å²) >= 11 is 0. The van der Waals surface area contributed by atoms with Gasteiger partial charge in [-0.3, -0.25) is 28.8 Å². The molecule has 0 amide bonds. The summed E-state index contributed by atoms with van der Waals surface area (Å²) in [6, 6.07) is 2.78. The van der Waals surface area contributed by atoms with Crippen molar-refractivity contribution in [2.75, 3.05) is 32.8 Å². The first-order chi connectivity index (χ1) is 25.4. The van der Waals surface area contributed by atoms with E-state index in [0.717, 1.165) is 76.6 Å². The van der Waals surface area contributed by atoms with Crippen LogP contribution in [0, 0.1) is 0 Å². The first kappa shape index (κ1) is 51.6. The molecule has 3 aliphatic heterocycles. The number of rotatable bonds is 13. The third-order valence-corrected chi connectivity index (χ3v) is 7.58. The lowest BCUT2D eigenvalue weighted by Gasteiger charge is -2.05. The zero-order valence-corrected chi connectivity index (χ0v) is 30.2. The molecule has 3 aliphatic rings. The Morgan fingerprint density at radius 2 is 0.981 bits per heavy atom. The molecule has 0 radical (unpaired) electrons. The van der Waals surface area contributed by atoms with Crippen LogP contribution in [0.4, 0.5) is 0 Å². The Hall–Kier alpha value is -4.48. The topological polar surface area (TPSA) is 404 Å². The van der Waals surface area contributed by atoms with Crippen LogP contribution in [0.2, 0.25) is 0 Å². The molecular formula is C33H59N7O14. The van der Waals surface area contributed by atoms with Crippen LogP contribution in [0.15, 0.2) is 24.3 Å². The second kappa shape index (κ2) is 30.9. The predicted molar refractivity (Wildman–Crippen MR) is 195 cm³/mol. The summed E-state index contributed by atoms with van der Waals surface area (Å²) < 4.78 is 0. The number of benzene rings is 1. The fourth-order valence-corrected chi connectivity index (χ4v) is 4.37. The van der Waals surface area contributed by atoms with E-state index < -0.39 is 60.5 Å². The summed E-state index contributed by atoms with van der Waals surface area (Å²) in [7, 11) is 0. The number of unbranched alkanes of at least 4 members (excludes halogenated alkanes) is 1. The molecule has 4 rings (SSSR count). The fraction of sp³-hybridized carbons (Fsp3) is 0.636. The van der Waals surface area contributed by atoms with Crippen LogP contribution >= 0.6 is 0 Å². The molecule has 21 nitrogen and oxygen atoms in total. The minimum atomic E-state index is -1.18. The maximum absolute atomic E-state index is 10.4. The molecule has 1 aromatic rings. The van der Waals surface area contributed by atoms with Gasteiger partial charge in [0.05, 0.1) is 6.61 Å². The molecule has 0 spiro atoms. The molecule has 310 valence electrons. The van der Waals surface area contributed by atoms with E-state index in [-0.39, 0.29) is 30.3 Å². The maximum Gasteiger partial charge on any atom is 0.322 e. The van der Waals surface area contributed by atoms with Crippen molar-refractivity contribution in [3.8, 4) is 5.75 Å². The number of hydrogen-bond acceptors (Lipinski definition) is 15. The SMILES string of the molecule is NCCCC[C@H](N)C(=O)O.N[C@@H](CO)C(=O)O.N[C@@H](Cc1ccc(O)cc1)C(=O)O.O=C(O)[C@@H]1CCCN1.O=C(O)[C@@H]1CCCN1.O=C(O)[C@@H]1CCCN1. The van der Waals surface area contributed by atoms with E-state index in [9.17, 15) is 28.8 Å². The van der Waals surface area contributed by atoms with E-state index >= 15 is 0 Å². The highest BCUT2D eigenvalue weighted by atomic mass is 16.4. The summed E-state index contributed by atoms with van der Waals surface area (Å²) in [5.41, 5.74) is 21.3. The van der Waals surface area contributed by atoms with Gasteiger partial charge in [0.1, 0.15) is 42.0 Å². The van der Waals surface area contributed by atoms with Crippen LogP contribution in [0.5, 0.6) is 5.75 Å². The van der Waals surface area contributed by atoms with E-state index in [4.69, 9.17) is 63.8 Å². The Labute approximate surface area is 313 Å². The Balaban J connectivity index is 0. The number of nitrogens with one attached hydrogen (secondary N) is 3. The predicted octanol–water partition coefficient (Wildman–Crippen LogP) is -2.27. The quantitative estimate of drug-likeness (QED) is 0.0939. The Bertz CT molecular complexity index is 1160. The summed E-state index contributed by atoms with van der Waals surface area (Å²) in [4.78, 5) is 60.6. The molecule has 3 fully saturated rings. The number of carboxylic acids is 6. The van der Waals surface area contributed by atoms with Crippen molar-refractivity contribution < 1.29 is 69.6 Å². The zero-order chi connectivity index (χ0) is 41.6. The van der Waals surface area contributed by atoms with Gasteiger partial charge in [-0.1, -0.05) is 18.6 Å². The third kappa shape index (κ3) is 27.2. The van der Waals surface area contributed by atoms with Gasteiger partial charge in [0.25, 0.3) is 0 Å². The van der Waals surface area contributed by atoms with Crippen LogP contribution in [-0.4, -0.2) is 146 Å². The van der Waals surface area contributed by atoms with Gasteiger partial charge in [0.15, 0.2) is 0 Å². The van der Waals surface area contributed by atoms with Crippen LogP contribution < -0.4 is 38.9 Å². The smallest absolute Gasteiger partial charge is 0.322 e. The molecule has 19 N–H and O–H groups in total. The van der Waals surface area contributed by atoms with Crippen molar-refractivity contribution in [3.63, 3.8) is 0 Å². The van der Waals surface area contributed by atoms with Crippen molar-refractivity contribution in [2.45, 2.75) is 100 Å². The summed E-state index contributed by atoms with van der Waals surface area (Å²) in [5, 5.41) is 75.3. The molecule has 1 aromatic carbocycles. The van der Waals surface area contributed by atoms with Crippen LogP contribution in [0.3, 0.4) is 0 Å². The van der Waals surface area contributed by atoms with Crippen molar-refractivity contribution in [1.29, 1.82) is 0 Å². The van der Waals surface area contributed by atoms with E-state index in [1.165, 1.54) is 12.1 Å². The van der Waals surface area contributed by atoms with Gasteiger partial charge in [-0.05, 0) is 102 Å². The molecule has 0 saturated carbocycles. The minimum absolute atomic E-state index is 0.160. The highest BCUT2D eigenvalue weighted by Crippen LogP contribution is 2.11. The van der Waals surface area contributed by atoms with Gasteiger partial charge >= 0.3 is 35.8 Å². The van der Waals surface area contributed by atoms with Gasteiger partial charge in [0, 0.05) is 0 Å². The number of aliphatic carboxylic acids is 6. The van der Waals surface area contributed by atoms with E-state index in [2.05, 4.69) is 16.0 Å². The van der Waals surface area contributed by atoms with Gasteiger partial charge in [-0.25, -0.2) is 0 Å². The standard InChI is InChI=1S/C9H11NO3.C6H14N2O2.3C5H9NO2.C3H7NO3/c10-8(9(12)13)5-6-1-3-7(11)4-2-6;7-4-2-1-3-5(8)6(9)10;3*7-5(8)4-2-1-3-6-4;4-2(1-5)3(6)7/h1-4,8,11H,5,10H2,(H,12,13);5H,1-4,7-8H2,(H,9,10);3*4,6H,1-3H2,(H,7,8);2,5H,1,4H2,(H,6,7)/t8-;5-;3*4-;2-/m000000/s1. The molecule has 21 heteroatoms. The Morgan fingerprint density at radius 1 is 0.611 bits per heavy atom. The summed E-state index contributed by atoms with van der Waals surface area (Å²) in [5.74, 6) is -5.13. The minimum Gasteiger partial charge on any atom is -0.508 e. The number of phenols is 1. The second-order valence-corrected chi connectivity index (χ2v) is 12.1. The Kier molecular flexibility index (Phi) is 29.6. The largest absolute Gasteiger partial charge is 0.508 e. The highest BCUT2D eigenvalue weighted by molar-refractivity contribution is 5.75. The lowest BCUT2D eigenvalue weighted by molar-refractivity contribution is -0.140. The molecule has 0 aliphatic carbocycles. The second-order valence-electron chi connectivity index (χ2n) is 12.1. The number of aromatic hydroxyl groups is 1. The van der Waals surface area contributed by atoms with E-state index in [1.807, 2.05) is 0 Å². The molecule has 0 unspecified atom stereocenters. The molecule has 6 atom stereocenters. The van der Waals surface area contributed by atoms with Crippen LogP contribution in [0.25, 0.3) is 0 Å². The molecule has 3 heterocycles. The maximum atomic E-state index is 10.4. The van der Waals surface area contributed by atoms with Gasteiger partial charge < -0.3 is 79.7 Å². The molecule has 0 aromatic heterocycles. The van der Waals surface area contributed by atoms with E-state index in [1.54, 1.807) is 12.1 Å². The van der Waals surface area contributed by atoms with Gasteiger partial charge in [-0.2, -0.15) is 0 Å². The zero-order valence-electron chi connectivity index (χ0n) is 30.2. The number of aliphatic hydroxyl groups is 1. The van der Waals surface area contributed by atoms with Gasteiger partial charge in [-0.15, -0.1) is 0 Å². The highest BCUT2D eigenvalue weighted by Gasteiger charge is 2.21. The van der Waals surface area contributed by atoms with Crippen molar-refractivity contribution in [2.24, 2.45) is 22.9 Å². The number of carboxylic acid groups (broad SMARTS) is 6. The number of hydrogen-bond donors (Lipinski definition) is 15. The Morgan fingerprint density at radius 3 is 1.20 bits per heavy atom. The number of nitrogens with two attached hydrogens (primary N) is 4. The molecule has 0 bridgehead atoms. The summed E-state index contributed by atoms with van der Waals surface area (Å²) in [6.07, 6.45) is 7.79. The summed E-state index contributed by atoms with van der Waals surface area (Å²) in [6.45, 7) is 2.67. The van der Waals surface area contributed by atoms with Gasteiger partial charge in [0.2, 0.25) is 0 Å². The third-order valence-electron chi connectivity index (χ3n) is 7.58. The lowest BCUT2D eigenvalue weighted by atomic mass is 10.1. The molecule has 54 heavy (non-hydrogen) atoms.